The van der Waals surface area contributed by atoms with Gasteiger partial charge in [-0.2, -0.15) is 0 Å². The molecule has 0 aliphatic carbocycles. The van der Waals surface area contributed by atoms with Gasteiger partial charge in [-0.1, -0.05) is 15.9 Å². The summed E-state index contributed by atoms with van der Waals surface area (Å²) in [6.45, 7) is 1.43. The van der Waals surface area contributed by atoms with Crippen LogP contribution < -0.4 is 0 Å². The Bertz CT molecular complexity index is 347. The Labute approximate surface area is 84.1 Å². The Morgan fingerprint density at radius 3 is 2.62 bits per heavy atom. The molecule has 0 radical (unpaired) electrons. The largest absolute Gasteiger partial charge is 0.504 e. The SMILES string of the molecule is CC(=O)Cc1c(Br)ccc(O)c1O. The highest BCUT2D eigenvalue weighted by Gasteiger charge is 2.11. The van der Waals surface area contributed by atoms with E-state index >= 15 is 0 Å². The molecule has 0 saturated heterocycles. The Hall–Kier alpha value is -1.03. The molecule has 1 aromatic rings. The fourth-order valence-electron chi connectivity index (χ4n) is 1.02. The van der Waals surface area contributed by atoms with Crippen molar-refractivity contribution in [2.45, 2.75) is 13.3 Å². The molecule has 0 spiro atoms. The first-order chi connectivity index (χ1) is 6.02. The number of aromatic hydroxyl groups is 2. The Morgan fingerprint density at radius 1 is 1.46 bits per heavy atom. The van der Waals surface area contributed by atoms with E-state index in [4.69, 9.17) is 5.11 Å². The van der Waals surface area contributed by atoms with Crippen LogP contribution in [0.1, 0.15) is 12.5 Å². The highest BCUT2D eigenvalue weighted by molar-refractivity contribution is 9.10. The molecule has 0 aromatic heterocycles. The van der Waals surface area contributed by atoms with Crippen molar-refractivity contribution < 1.29 is 15.0 Å². The lowest BCUT2D eigenvalue weighted by Gasteiger charge is -2.06. The molecule has 0 amide bonds. The third-order valence-corrected chi connectivity index (χ3v) is 2.37. The van der Waals surface area contributed by atoms with Gasteiger partial charge in [-0.05, 0) is 19.1 Å². The minimum Gasteiger partial charge on any atom is -0.504 e. The number of Topliss-reactive ketones (excluding diaryl/α,β-unsaturated/α-hetero) is 1. The summed E-state index contributed by atoms with van der Waals surface area (Å²) in [5.41, 5.74) is 0.424. The normalized spacial score (nSPS) is 10.0. The van der Waals surface area contributed by atoms with Crippen LogP contribution in [0.25, 0.3) is 0 Å². The van der Waals surface area contributed by atoms with Crippen molar-refractivity contribution in [3.8, 4) is 11.5 Å². The van der Waals surface area contributed by atoms with Gasteiger partial charge in [-0.15, -0.1) is 0 Å². The second-order valence-electron chi connectivity index (χ2n) is 2.77. The van der Waals surface area contributed by atoms with Crippen LogP contribution in [0, 0.1) is 0 Å². The third kappa shape index (κ3) is 2.21. The Morgan fingerprint density at radius 2 is 2.08 bits per heavy atom. The molecule has 0 fully saturated rings. The van der Waals surface area contributed by atoms with Crippen molar-refractivity contribution in [2.24, 2.45) is 0 Å². The van der Waals surface area contributed by atoms with Crippen LogP contribution >= 0.6 is 15.9 Å². The van der Waals surface area contributed by atoms with Crippen molar-refractivity contribution >= 4 is 21.7 Å². The molecule has 3 nitrogen and oxygen atoms in total. The zero-order valence-electron chi connectivity index (χ0n) is 7.04. The first kappa shape index (κ1) is 10.1. The van der Waals surface area contributed by atoms with Crippen LogP contribution in [-0.4, -0.2) is 16.0 Å². The molecule has 2 N–H and O–H groups in total. The van der Waals surface area contributed by atoms with Crippen LogP contribution in [0.5, 0.6) is 11.5 Å². The number of hydrogen-bond donors (Lipinski definition) is 2. The number of phenols is 2. The fourth-order valence-corrected chi connectivity index (χ4v) is 1.48. The summed E-state index contributed by atoms with van der Waals surface area (Å²) in [6.07, 6.45) is 0.112. The topological polar surface area (TPSA) is 57.5 Å². The first-order valence-corrected chi connectivity index (χ1v) is 4.50. The molecule has 0 aliphatic heterocycles. The summed E-state index contributed by atoms with van der Waals surface area (Å²) in [5.74, 6) is -0.509. The van der Waals surface area contributed by atoms with Gasteiger partial charge in [0.2, 0.25) is 0 Å². The minimum absolute atomic E-state index is 0.0680. The van der Waals surface area contributed by atoms with Crippen LogP contribution in [-0.2, 0) is 11.2 Å². The highest BCUT2D eigenvalue weighted by atomic mass is 79.9. The standard InChI is InChI=1S/C9H9BrO3/c1-5(11)4-6-7(10)2-3-8(12)9(6)13/h2-3,12-13H,4H2,1H3. The Kier molecular flexibility index (Phi) is 2.93. The van der Waals surface area contributed by atoms with E-state index in [1.165, 1.54) is 13.0 Å². The molecule has 1 rings (SSSR count). The number of benzene rings is 1. The van der Waals surface area contributed by atoms with E-state index in [9.17, 15) is 9.90 Å². The van der Waals surface area contributed by atoms with Gasteiger partial charge in [-0.25, -0.2) is 0 Å². The minimum atomic E-state index is -0.232. The second kappa shape index (κ2) is 3.79. The summed E-state index contributed by atoms with van der Waals surface area (Å²) >= 11 is 3.19. The molecular formula is C9H9BrO3. The Balaban J connectivity index is 3.17. The van der Waals surface area contributed by atoms with E-state index in [1.54, 1.807) is 6.07 Å². The van der Waals surface area contributed by atoms with Gasteiger partial charge < -0.3 is 10.2 Å². The van der Waals surface area contributed by atoms with E-state index in [0.717, 1.165) is 0 Å². The number of hydrogen-bond acceptors (Lipinski definition) is 3. The zero-order valence-corrected chi connectivity index (χ0v) is 8.63. The van der Waals surface area contributed by atoms with Gasteiger partial charge in [0.15, 0.2) is 11.5 Å². The lowest BCUT2D eigenvalue weighted by molar-refractivity contribution is -0.116. The van der Waals surface area contributed by atoms with Crippen LogP contribution in [0.4, 0.5) is 0 Å². The highest BCUT2D eigenvalue weighted by Crippen LogP contribution is 2.34. The van der Waals surface area contributed by atoms with Crippen molar-refractivity contribution in [1.82, 2.24) is 0 Å². The molecule has 13 heavy (non-hydrogen) atoms. The zero-order chi connectivity index (χ0) is 10.0. The molecule has 0 heterocycles. The molecule has 70 valence electrons. The average Bonchev–Trinajstić information content (AvgIpc) is 2.05. The summed E-state index contributed by atoms with van der Waals surface area (Å²) < 4.78 is 0.623. The molecule has 0 saturated carbocycles. The van der Waals surface area contributed by atoms with Gasteiger partial charge in [-0.3, -0.25) is 4.79 Å². The lowest BCUT2D eigenvalue weighted by atomic mass is 10.1. The molecule has 0 bridgehead atoms. The molecule has 0 unspecified atom stereocenters. The lowest BCUT2D eigenvalue weighted by Crippen LogP contribution is -1.97. The van der Waals surface area contributed by atoms with E-state index < -0.39 is 0 Å². The number of rotatable bonds is 2. The van der Waals surface area contributed by atoms with Crippen molar-refractivity contribution in [3.63, 3.8) is 0 Å². The van der Waals surface area contributed by atoms with Gasteiger partial charge in [0.25, 0.3) is 0 Å². The maximum absolute atomic E-state index is 10.8. The van der Waals surface area contributed by atoms with E-state index in [1.807, 2.05) is 0 Å². The van der Waals surface area contributed by atoms with Gasteiger partial charge >= 0.3 is 0 Å². The molecular weight excluding hydrogens is 236 g/mol. The fraction of sp³-hybridized carbons (Fsp3) is 0.222. The molecule has 0 aliphatic rings. The van der Waals surface area contributed by atoms with Crippen molar-refractivity contribution in [2.75, 3.05) is 0 Å². The number of carbonyl (C=O) groups excluding carboxylic acids is 1. The summed E-state index contributed by atoms with van der Waals surface area (Å²) in [4.78, 5) is 10.8. The summed E-state index contributed by atoms with van der Waals surface area (Å²) in [5, 5.41) is 18.6. The maximum Gasteiger partial charge on any atom is 0.162 e. The average molecular weight is 245 g/mol. The van der Waals surface area contributed by atoms with Gasteiger partial charge in [0, 0.05) is 16.5 Å². The van der Waals surface area contributed by atoms with Gasteiger partial charge in [0.1, 0.15) is 5.78 Å². The third-order valence-electron chi connectivity index (χ3n) is 1.63. The predicted octanol–water partition coefficient (Wildman–Crippen LogP) is 1.99. The van der Waals surface area contributed by atoms with Gasteiger partial charge in [0.05, 0.1) is 0 Å². The van der Waals surface area contributed by atoms with Crippen LogP contribution in [0.2, 0.25) is 0 Å². The van der Waals surface area contributed by atoms with Crippen molar-refractivity contribution in [3.05, 3.63) is 22.2 Å². The number of halogens is 1. The molecule has 4 heteroatoms. The van der Waals surface area contributed by atoms with E-state index in [2.05, 4.69) is 15.9 Å². The molecule has 0 atom stereocenters. The predicted molar refractivity (Wildman–Crippen MR) is 51.9 cm³/mol. The molecule has 1 aromatic carbocycles. The van der Waals surface area contributed by atoms with Crippen LogP contribution in [0.3, 0.4) is 0 Å². The quantitative estimate of drug-likeness (QED) is 0.783. The number of carbonyl (C=O) groups is 1. The summed E-state index contributed by atoms with van der Waals surface area (Å²) in [6, 6.07) is 2.95. The monoisotopic (exact) mass is 244 g/mol. The summed E-state index contributed by atoms with van der Waals surface area (Å²) in [7, 11) is 0. The first-order valence-electron chi connectivity index (χ1n) is 3.71. The van der Waals surface area contributed by atoms with E-state index in [0.29, 0.717) is 10.0 Å². The van der Waals surface area contributed by atoms with Crippen LogP contribution in [0.15, 0.2) is 16.6 Å². The number of ketones is 1. The smallest absolute Gasteiger partial charge is 0.162 e. The van der Waals surface area contributed by atoms with Crippen molar-refractivity contribution in [1.29, 1.82) is 0 Å². The maximum atomic E-state index is 10.8. The van der Waals surface area contributed by atoms with E-state index in [-0.39, 0.29) is 23.7 Å². The number of phenolic OH excluding ortho intramolecular Hbond substituents is 2. The second-order valence-corrected chi connectivity index (χ2v) is 3.63.